The Hall–Kier alpha value is -3.39. The molecule has 6 atom stereocenters. The second-order valence-electron chi connectivity index (χ2n) is 10.6. The Morgan fingerprint density at radius 1 is 1.20 bits per heavy atom. The number of carbonyl (C=O) groups excluding carboxylic acids is 2. The van der Waals surface area contributed by atoms with Gasteiger partial charge in [0.05, 0.1) is 19.7 Å². The van der Waals surface area contributed by atoms with E-state index in [1.54, 1.807) is 19.0 Å². The van der Waals surface area contributed by atoms with E-state index in [1.807, 2.05) is 0 Å². The molecule has 0 bridgehead atoms. The normalized spacial score (nSPS) is 28.3. The molecule has 0 radical (unpaired) electrons. The average molecular weight is 589 g/mol. The molecule has 0 saturated carbocycles. The van der Waals surface area contributed by atoms with Crippen LogP contribution in [0.1, 0.15) is 35.8 Å². The Bertz CT molecular complexity index is 1330. The van der Waals surface area contributed by atoms with Crippen LogP contribution >= 0.6 is 0 Å². The van der Waals surface area contributed by atoms with Gasteiger partial charge in [0.15, 0.2) is 17.2 Å². The first-order valence-electron chi connectivity index (χ1n) is 12.7. The lowest BCUT2D eigenvalue weighted by molar-refractivity contribution is -0.272. The van der Waals surface area contributed by atoms with Crippen LogP contribution in [0.4, 0.5) is 32.0 Å². The first-order chi connectivity index (χ1) is 19.1. The van der Waals surface area contributed by atoms with Crippen LogP contribution in [0.3, 0.4) is 0 Å². The maximum atomic E-state index is 14.6. The van der Waals surface area contributed by atoms with Gasteiger partial charge in [0.25, 0.3) is 11.8 Å². The molecule has 2 aliphatic heterocycles. The van der Waals surface area contributed by atoms with Gasteiger partial charge >= 0.3 is 6.18 Å². The van der Waals surface area contributed by atoms with E-state index in [1.165, 1.54) is 30.2 Å². The summed E-state index contributed by atoms with van der Waals surface area (Å²) in [6, 6.07) is 3.82. The van der Waals surface area contributed by atoms with Gasteiger partial charge in [-0.15, -0.1) is 0 Å². The number of likely N-dealkylation sites (tertiary alicyclic amines) is 1. The summed E-state index contributed by atoms with van der Waals surface area (Å²) in [5.41, 5.74) is -3.10. The third-order valence-corrected chi connectivity index (χ3v) is 7.99. The van der Waals surface area contributed by atoms with Crippen molar-refractivity contribution in [2.45, 2.75) is 49.9 Å². The predicted octanol–water partition coefficient (Wildman–Crippen LogP) is 4.17. The van der Waals surface area contributed by atoms with Gasteiger partial charge in [0, 0.05) is 35.8 Å². The number of nitrogens with one attached hydrogen (secondary N) is 1. The minimum Gasteiger partial charge on any atom is -0.493 e. The van der Waals surface area contributed by atoms with Crippen LogP contribution in [0, 0.1) is 17.6 Å². The number of pyridine rings is 1. The smallest absolute Gasteiger partial charge is 0.417 e. The van der Waals surface area contributed by atoms with Crippen molar-refractivity contribution in [3.05, 3.63) is 53.4 Å². The molecule has 8 nitrogen and oxygen atoms in total. The monoisotopic (exact) mass is 588 g/mol. The zero-order valence-electron chi connectivity index (χ0n) is 22.9. The number of nitrogens with zero attached hydrogens (tertiary/aromatic N) is 3. The third-order valence-electron chi connectivity index (χ3n) is 7.99. The second-order valence-corrected chi connectivity index (χ2v) is 10.6. The van der Waals surface area contributed by atoms with Crippen molar-refractivity contribution in [1.82, 2.24) is 14.8 Å². The van der Waals surface area contributed by atoms with Gasteiger partial charge in [-0.25, -0.2) is 8.78 Å². The molecular formula is C27H30F6N4O4. The zero-order chi connectivity index (χ0) is 30.4. The topological polar surface area (TPSA) is 84.0 Å². The Balaban J connectivity index is 1.64. The average Bonchev–Trinajstić information content (AvgIpc) is 3.43. The number of hydrogen-bond acceptors (Lipinski definition) is 6. The fourth-order valence-corrected chi connectivity index (χ4v) is 5.44. The lowest BCUT2D eigenvalue weighted by Crippen LogP contribution is -2.47. The summed E-state index contributed by atoms with van der Waals surface area (Å²) in [7, 11) is 4.42. The molecule has 41 heavy (non-hydrogen) atoms. The van der Waals surface area contributed by atoms with E-state index >= 15 is 0 Å². The van der Waals surface area contributed by atoms with Crippen LogP contribution in [0.5, 0.6) is 5.75 Å². The predicted molar refractivity (Wildman–Crippen MR) is 135 cm³/mol. The molecule has 2 aliphatic rings. The summed E-state index contributed by atoms with van der Waals surface area (Å²) in [6.07, 6.45) is -6.79. The summed E-state index contributed by atoms with van der Waals surface area (Å²) < 4.78 is 95.7. The van der Waals surface area contributed by atoms with Crippen molar-refractivity contribution in [1.29, 1.82) is 0 Å². The molecule has 1 N–H and O–H groups in total. The van der Waals surface area contributed by atoms with E-state index < -0.39 is 71.1 Å². The number of aromatic nitrogens is 1. The third kappa shape index (κ3) is 5.46. The van der Waals surface area contributed by atoms with Gasteiger partial charge in [0.2, 0.25) is 5.82 Å². The number of rotatable bonds is 6. The number of carbonyl (C=O) groups is 2. The van der Waals surface area contributed by atoms with Crippen LogP contribution in [0.25, 0.3) is 0 Å². The van der Waals surface area contributed by atoms with Crippen molar-refractivity contribution in [2.75, 3.05) is 39.6 Å². The number of halogens is 6. The molecule has 2 aromatic rings. The van der Waals surface area contributed by atoms with Gasteiger partial charge in [0.1, 0.15) is 18.0 Å². The molecule has 0 spiro atoms. The van der Waals surface area contributed by atoms with Crippen molar-refractivity contribution >= 4 is 17.5 Å². The van der Waals surface area contributed by atoms with Gasteiger partial charge < -0.3 is 24.6 Å². The van der Waals surface area contributed by atoms with E-state index in [2.05, 4.69) is 10.3 Å². The molecule has 2 saturated heterocycles. The van der Waals surface area contributed by atoms with Gasteiger partial charge in [-0.05, 0) is 39.2 Å². The molecule has 2 amide bonds. The quantitative estimate of drug-likeness (QED) is 0.511. The maximum absolute atomic E-state index is 14.6. The molecule has 0 aliphatic carbocycles. The first kappa shape index (κ1) is 30.6. The lowest BCUT2D eigenvalue weighted by Gasteiger charge is -2.32. The van der Waals surface area contributed by atoms with Crippen molar-refractivity contribution in [3.8, 4) is 5.75 Å². The van der Waals surface area contributed by atoms with Crippen LogP contribution in [0.2, 0.25) is 0 Å². The Morgan fingerprint density at radius 3 is 2.46 bits per heavy atom. The fourth-order valence-electron chi connectivity index (χ4n) is 5.44. The van der Waals surface area contributed by atoms with Crippen LogP contribution in [-0.4, -0.2) is 91.0 Å². The van der Waals surface area contributed by atoms with Crippen LogP contribution in [0.15, 0.2) is 30.5 Å². The molecule has 224 valence electrons. The Kier molecular flexibility index (Phi) is 8.29. The molecule has 14 heteroatoms. The van der Waals surface area contributed by atoms with E-state index in [4.69, 9.17) is 9.47 Å². The molecular weight excluding hydrogens is 558 g/mol. The van der Waals surface area contributed by atoms with Crippen molar-refractivity contribution < 1.29 is 45.4 Å². The highest BCUT2D eigenvalue weighted by Crippen LogP contribution is 2.55. The minimum absolute atomic E-state index is 0.0152. The number of ether oxygens (including phenoxy) is 2. The van der Waals surface area contributed by atoms with Crippen molar-refractivity contribution in [2.24, 2.45) is 5.92 Å². The summed E-state index contributed by atoms with van der Waals surface area (Å²) >= 11 is 0. The summed E-state index contributed by atoms with van der Waals surface area (Å²) in [5, 5.41) is 2.45. The lowest BCUT2D eigenvalue weighted by atomic mass is 9.77. The number of benzene rings is 1. The number of alkyl halides is 4. The number of hydrogen-bond donors (Lipinski definition) is 1. The molecule has 0 unspecified atom stereocenters. The molecule has 3 heterocycles. The van der Waals surface area contributed by atoms with E-state index in [0.29, 0.717) is 0 Å². The molecule has 4 rings (SSSR count). The molecule has 1 aromatic heterocycles. The highest BCUT2D eigenvalue weighted by atomic mass is 19.4. The number of anilines is 1. The van der Waals surface area contributed by atoms with Gasteiger partial charge in [-0.3, -0.25) is 14.6 Å². The Morgan fingerprint density at radius 2 is 1.88 bits per heavy atom. The fraction of sp³-hybridized carbons (Fsp3) is 0.519. The van der Waals surface area contributed by atoms with E-state index in [-0.39, 0.29) is 30.0 Å². The first-order valence-corrected chi connectivity index (χ1v) is 12.7. The Labute approximate surface area is 232 Å². The highest BCUT2D eigenvalue weighted by Gasteiger charge is 2.66. The molecule has 2 fully saturated rings. The largest absolute Gasteiger partial charge is 0.493 e. The van der Waals surface area contributed by atoms with E-state index in [9.17, 15) is 35.9 Å². The summed E-state index contributed by atoms with van der Waals surface area (Å²) in [4.78, 5) is 33.4. The van der Waals surface area contributed by atoms with Crippen LogP contribution in [-0.2, 0) is 9.53 Å². The van der Waals surface area contributed by atoms with Gasteiger partial charge in [-0.2, -0.15) is 17.6 Å². The standard InChI is InChI=1S/C27H30F6N4O4/c1-13-20(15-6-7-16(28)21(30)22(15)40-5)23(41-26(13,2)27(31,32)33)24(38)35-14-8-9-34-18(10-14)25(39)37-11-17(29)19(12-37)36(3)4/h6-10,13,17,19-20,23H,11-12H2,1-5H3,(H,34,35,38)/t13-,17+,19+,20-,23+,26+/m0/s1. The second kappa shape index (κ2) is 11.1. The number of likely N-dealkylation sites (N-methyl/N-ethyl adjacent to an activating group) is 1. The maximum Gasteiger partial charge on any atom is 0.417 e. The number of methoxy groups -OCH3 is 1. The number of amides is 2. The summed E-state index contributed by atoms with van der Waals surface area (Å²) in [5.74, 6) is -7.78. The highest BCUT2D eigenvalue weighted by molar-refractivity contribution is 5.98. The summed E-state index contributed by atoms with van der Waals surface area (Å²) in [6.45, 7) is 1.95. The van der Waals surface area contributed by atoms with Crippen LogP contribution < -0.4 is 10.1 Å². The minimum atomic E-state index is -4.92. The molecule has 1 aromatic carbocycles. The van der Waals surface area contributed by atoms with E-state index in [0.717, 1.165) is 26.2 Å². The van der Waals surface area contributed by atoms with Crippen molar-refractivity contribution in [3.63, 3.8) is 0 Å². The SMILES string of the molecule is COc1c([C@H]2[C@H](C(=O)Nc3ccnc(C(=O)N4C[C@@H](F)[C@H](N(C)C)C4)c3)O[C@@](C)(C(F)(F)F)[C@H]2C)ccc(F)c1F. The van der Waals surface area contributed by atoms with Gasteiger partial charge in [-0.1, -0.05) is 13.0 Å². The zero-order valence-corrected chi connectivity index (χ0v) is 22.9.